The van der Waals surface area contributed by atoms with E-state index in [1.807, 2.05) is 0 Å². The molecule has 0 aliphatic heterocycles. The highest BCUT2D eigenvalue weighted by atomic mass is 32.2. The summed E-state index contributed by atoms with van der Waals surface area (Å²) in [6, 6.07) is 0. The topological polar surface area (TPSA) is 71.4 Å². The SMILES string of the molecule is O=C(O)CS(=O)(=O)CCC(F)(F)C(F)(F)F. The quantitative estimate of drug-likeness (QED) is 0.759. The van der Waals surface area contributed by atoms with Crippen molar-refractivity contribution in [2.75, 3.05) is 11.5 Å². The number of carboxylic acid groups (broad SMARTS) is 1. The highest BCUT2D eigenvalue weighted by Crippen LogP contribution is 2.38. The van der Waals surface area contributed by atoms with E-state index in [0.29, 0.717) is 0 Å². The third-order valence-electron chi connectivity index (χ3n) is 1.49. The van der Waals surface area contributed by atoms with Gasteiger partial charge < -0.3 is 5.11 Å². The lowest BCUT2D eigenvalue weighted by Gasteiger charge is -2.18. The van der Waals surface area contributed by atoms with Gasteiger partial charge in [0.25, 0.3) is 0 Å². The molecule has 1 N–H and O–H groups in total. The first-order chi connectivity index (χ1) is 6.87. The van der Waals surface area contributed by atoms with Crippen molar-refractivity contribution in [1.29, 1.82) is 0 Å². The molecule has 0 atom stereocenters. The Balaban J connectivity index is 4.53. The summed E-state index contributed by atoms with van der Waals surface area (Å²) in [5.74, 6) is -9.96. The number of alkyl halides is 5. The van der Waals surface area contributed by atoms with Crippen molar-refractivity contribution in [3.63, 3.8) is 0 Å². The first kappa shape index (κ1) is 15.1. The summed E-state index contributed by atoms with van der Waals surface area (Å²) in [7, 11) is -4.45. The van der Waals surface area contributed by atoms with Crippen molar-refractivity contribution >= 4 is 15.8 Å². The Morgan fingerprint density at radius 2 is 1.56 bits per heavy atom. The standard InChI is InChI=1S/C6H7F5O4S/c7-5(8,6(9,10)11)1-2-16(14,15)3-4(12)13/h1-3H2,(H,12,13). The molecule has 0 aliphatic carbocycles. The summed E-state index contributed by atoms with van der Waals surface area (Å²) in [6.07, 6.45) is -7.82. The molecular formula is C6H7F5O4S. The second kappa shape index (κ2) is 4.52. The summed E-state index contributed by atoms with van der Waals surface area (Å²) in [5.41, 5.74) is 0. The number of hydrogen-bond donors (Lipinski definition) is 1. The van der Waals surface area contributed by atoms with E-state index in [2.05, 4.69) is 0 Å². The van der Waals surface area contributed by atoms with Crippen LogP contribution in [-0.4, -0.2) is 43.1 Å². The average Bonchev–Trinajstić information content (AvgIpc) is 1.96. The van der Waals surface area contributed by atoms with E-state index in [-0.39, 0.29) is 0 Å². The summed E-state index contributed by atoms with van der Waals surface area (Å²) in [4.78, 5) is 9.95. The van der Waals surface area contributed by atoms with Crippen LogP contribution in [0.1, 0.15) is 6.42 Å². The third-order valence-corrected chi connectivity index (χ3v) is 3.00. The first-order valence-corrected chi connectivity index (χ1v) is 5.56. The lowest BCUT2D eigenvalue weighted by molar-refractivity contribution is -0.282. The maximum Gasteiger partial charge on any atom is 0.453 e. The molecule has 4 nitrogen and oxygen atoms in total. The normalized spacial score (nSPS) is 13.8. The number of carboxylic acids is 1. The fraction of sp³-hybridized carbons (Fsp3) is 0.833. The van der Waals surface area contributed by atoms with Crippen molar-refractivity contribution in [1.82, 2.24) is 0 Å². The van der Waals surface area contributed by atoms with Gasteiger partial charge in [0.05, 0.1) is 5.75 Å². The zero-order chi connectivity index (χ0) is 13.2. The largest absolute Gasteiger partial charge is 0.480 e. The van der Waals surface area contributed by atoms with Gasteiger partial charge in [0.2, 0.25) is 0 Å². The van der Waals surface area contributed by atoms with Crippen LogP contribution in [0.25, 0.3) is 0 Å². The molecule has 16 heavy (non-hydrogen) atoms. The van der Waals surface area contributed by atoms with E-state index in [1.165, 1.54) is 0 Å². The summed E-state index contributed by atoms with van der Waals surface area (Å²) in [5, 5.41) is 8.05. The molecule has 0 aromatic carbocycles. The van der Waals surface area contributed by atoms with Gasteiger partial charge >= 0.3 is 18.1 Å². The van der Waals surface area contributed by atoms with E-state index in [9.17, 15) is 35.2 Å². The molecule has 0 spiro atoms. The smallest absolute Gasteiger partial charge is 0.453 e. The van der Waals surface area contributed by atoms with Gasteiger partial charge in [-0.25, -0.2) is 8.42 Å². The zero-order valence-electron chi connectivity index (χ0n) is 7.59. The van der Waals surface area contributed by atoms with E-state index >= 15 is 0 Å². The summed E-state index contributed by atoms with van der Waals surface area (Å²) < 4.78 is 80.8. The molecule has 0 aromatic rings. The molecular weight excluding hydrogens is 263 g/mol. The van der Waals surface area contributed by atoms with Crippen molar-refractivity contribution in [2.45, 2.75) is 18.5 Å². The molecule has 96 valence electrons. The van der Waals surface area contributed by atoms with Crippen LogP contribution in [0.3, 0.4) is 0 Å². The van der Waals surface area contributed by atoms with E-state index in [4.69, 9.17) is 5.11 Å². The van der Waals surface area contributed by atoms with Crippen LogP contribution >= 0.6 is 0 Å². The molecule has 0 unspecified atom stereocenters. The Labute approximate surface area is 87.0 Å². The van der Waals surface area contributed by atoms with Gasteiger partial charge in [-0.15, -0.1) is 0 Å². The molecule has 0 amide bonds. The van der Waals surface area contributed by atoms with E-state index in [1.54, 1.807) is 0 Å². The second-order valence-corrected chi connectivity index (χ2v) is 5.12. The van der Waals surface area contributed by atoms with Crippen LogP contribution in [0.2, 0.25) is 0 Å². The van der Waals surface area contributed by atoms with Crippen LogP contribution in [0.15, 0.2) is 0 Å². The second-order valence-electron chi connectivity index (χ2n) is 2.94. The molecule has 10 heteroatoms. The van der Waals surface area contributed by atoms with Crippen molar-refractivity contribution in [2.24, 2.45) is 0 Å². The Morgan fingerprint density at radius 3 is 1.88 bits per heavy atom. The maximum absolute atomic E-state index is 12.3. The minimum Gasteiger partial charge on any atom is -0.480 e. The molecule has 0 fully saturated rings. The molecule has 0 bridgehead atoms. The molecule has 0 aromatic heterocycles. The Kier molecular flexibility index (Phi) is 4.25. The van der Waals surface area contributed by atoms with Gasteiger partial charge in [-0.2, -0.15) is 22.0 Å². The number of hydrogen-bond acceptors (Lipinski definition) is 3. The number of rotatable bonds is 5. The minimum absolute atomic E-state index is 1.47. The van der Waals surface area contributed by atoms with Gasteiger partial charge in [-0.1, -0.05) is 0 Å². The van der Waals surface area contributed by atoms with Gasteiger partial charge in [0, 0.05) is 6.42 Å². The third kappa shape index (κ3) is 4.73. The lowest BCUT2D eigenvalue weighted by atomic mass is 10.2. The van der Waals surface area contributed by atoms with Crippen molar-refractivity contribution < 1.29 is 40.3 Å². The van der Waals surface area contributed by atoms with Crippen LogP contribution in [0.4, 0.5) is 22.0 Å². The van der Waals surface area contributed by atoms with Crippen molar-refractivity contribution in [3.05, 3.63) is 0 Å². The number of aliphatic carboxylic acids is 1. The maximum atomic E-state index is 12.3. The predicted octanol–water partition coefficient (Wildman–Crippen LogP) is 1.07. The predicted molar refractivity (Wildman–Crippen MR) is 41.9 cm³/mol. The highest BCUT2D eigenvalue weighted by Gasteiger charge is 2.57. The average molecular weight is 270 g/mol. The monoisotopic (exact) mass is 270 g/mol. The first-order valence-electron chi connectivity index (χ1n) is 3.74. The molecule has 0 aliphatic rings. The molecule has 0 heterocycles. The fourth-order valence-electron chi connectivity index (χ4n) is 0.686. The van der Waals surface area contributed by atoms with Crippen LogP contribution in [0.5, 0.6) is 0 Å². The van der Waals surface area contributed by atoms with Crippen LogP contribution < -0.4 is 0 Å². The van der Waals surface area contributed by atoms with Gasteiger partial charge in [-0.3, -0.25) is 4.79 Å². The Bertz CT molecular complexity index is 358. The zero-order valence-corrected chi connectivity index (χ0v) is 8.41. The van der Waals surface area contributed by atoms with Crippen LogP contribution in [-0.2, 0) is 14.6 Å². The minimum atomic E-state index is -5.84. The molecule has 0 saturated carbocycles. The van der Waals surface area contributed by atoms with Gasteiger partial charge in [-0.05, 0) is 0 Å². The van der Waals surface area contributed by atoms with E-state index in [0.717, 1.165) is 0 Å². The van der Waals surface area contributed by atoms with Gasteiger partial charge in [0.1, 0.15) is 5.75 Å². The van der Waals surface area contributed by atoms with Crippen LogP contribution in [0, 0.1) is 0 Å². The fourth-order valence-corrected chi connectivity index (χ4v) is 1.77. The van der Waals surface area contributed by atoms with Crippen molar-refractivity contribution in [3.8, 4) is 0 Å². The lowest BCUT2D eigenvalue weighted by Crippen LogP contribution is -2.38. The summed E-state index contributed by atoms with van der Waals surface area (Å²) in [6.45, 7) is 0. The van der Waals surface area contributed by atoms with E-state index < -0.39 is 45.8 Å². The number of sulfone groups is 1. The molecule has 0 saturated heterocycles. The highest BCUT2D eigenvalue weighted by molar-refractivity contribution is 7.92. The Morgan fingerprint density at radius 1 is 1.12 bits per heavy atom. The van der Waals surface area contributed by atoms with Gasteiger partial charge in [0.15, 0.2) is 9.84 Å². The number of halogens is 5. The summed E-state index contributed by atoms with van der Waals surface area (Å²) >= 11 is 0. The Hall–Kier alpha value is -0.930. The number of carbonyl (C=O) groups is 1. The molecule has 0 radical (unpaired) electrons. The molecule has 0 rings (SSSR count).